The van der Waals surface area contributed by atoms with E-state index in [0.29, 0.717) is 10.3 Å². The van der Waals surface area contributed by atoms with Gasteiger partial charge in [-0.25, -0.2) is 0 Å². The predicted octanol–water partition coefficient (Wildman–Crippen LogP) is 0.964. The van der Waals surface area contributed by atoms with Gasteiger partial charge >= 0.3 is 0 Å². The van der Waals surface area contributed by atoms with Crippen molar-refractivity contribution in [2.45, 2.75) is 6.10 Å². The van der Waals surface area contributed by atoms with Crippen LogP contribution in [0.2, 0.25) is 4.34 Å². The molecule has 0 saturated heterocycles. The van der Waals surface area contributed by atoms with Gasteiger partial charge in [-0.05, 0) is 12.1 Å². The van der Waals surface area contributed by atoms with Crippen molar-refractivity contribution in [1.82, 2.24) is 16.0 Å². The number of hydrogen-bond acceptors (Lipinski definition) is 4. The lowest BCUT2D eigenvalue weighted by Crippen LogP contribution is -2.43. The van der Waals surface area contributed by atoms with Gasteiger partial charge in [-0.2, -0.15) is 0 Å². The van der Waals surface area contributed by atoms with Gasteiger partial charge in [0.15, 0.2) is 5.96 Å². The molecule has 1 aromatic heterocycles. The van der Waals surface area contributed by atoms with E-state index in [1.54, 1.807) is 26.2 Å². The molecule has 0 saturated carbocycles. The zero-order chi connectivity index (χ0) is 14.3. The Hall–Kier alpha value is -0.580. The molecule has 0 aliphatic rings. The average molecular weight is 433 g/mol. The lowest BCUT2D eigenvalue weighted by atomic mass is 10.3. The Balaban J connectivity index is 0.00000361. The minimum atomic E-state index is -0.670. The molecule has 1 aromatic rings. The van der Waals surface area contributed by atoms with Crippen LogP contribution in [0.1, 0.15) is 11.0 Å². The highest BCUT2D eigenvalue weighted by Crippen LogP contribution is 2.26. The Kier molecular flexibility index (Phi) is 9.90. The molecule has 4 N–H and O–H groups in total. The fourth-order valence-electron chi connectivity index (χ4n) is 1.27. The second kappa shape index (κ2) is 10.2. The predicted molar refractivity (Wildman–Crippen MR) is 93.1 cm³/mol. The Morgan fingerprint density at radius 1 is 1.50 bits per heavy atom. The molecule has 0 radical (unpaired) electrons. The highest BCUT2D eigenvalue weighted by Gasteiger charge is 2.11. The minimum absolute atomic E-state index is 0. The number of nitrogens with one attached hydrogen (secondary N) is 3. The van der Waals surface area contributed by atoms with Gasteiger partial charge in [0, 0.05) is 25.5 Å². The summed E-state index contributed by atoms with van der Waals surface area (Å²) in [5.41, 5.74) is 0. The summed E-state index contributed by atoms with van der Waals surface area (Å²) < 4.78 is 0.635. The van der Waals surface area contributed by atoms with Gasteiger partial charge in [0.1, 0.15) is 6.10 Å². The molecule has 0 aliphatic heterocycles. The van der Waals surface area contributed by atoms with Crippen molar-refractivity contribution in [2.24, 2.45) is 4.99 Å². The van der Waals surface area contributed by atoms with Crippen LogP contribution in [0.15, 0.2) is 17.1 Å². The van der Waals surface area contributed by atoms with Crippen LogP contribution in [-0.4, -0.2) is 44.2 Å². The number of thiophene rings is 1. The summed E-state index contributed by atoms with van der Waals surface area (Å²) in [6.07, 6.45) is -0.670. The van der Waals surface area contributed by atoms with Crippen molar-refractivity contribution in [3.8, 4) is 0 Å². The molecule has 0 aliphatic carbocycles. The van der Waals surface area contributed by atoms with E-state index in [2.05, 4.69) is 20.9 Å². The van der Waals surface area contributed by atoms with Gasteiger partial charge in [0.05, 0.1) is 10.9 Å². The van der Waals surface area contributed by atoms with Crippen LogP contribution in [0, 0.1) is 0 Å². The van der Waals surface area contributed by atoms with Crippen LogP contribution in [0.3, 0.4) is 0 Å². The standard InChI is InChI=1S/C11H17ClN4O2S.HI/c1-13-10(18)6-16-11(14-2)15-5-7(17)8-3-4-9(12)19-8;/h3-4,7,17H,5-6H2,1-2H3,(H,13,18)(H2,14,15,16);1H. The summed E-state index contributed by atoms with van der Waals surface area (Å²) in [6, 6.07) is 3.52. The number of rotatable bonds is 5. The lowest BCUT2D eigenvalue weighted by molar-refractivity contribution is -0.119. The van der Waals surface area contributed by atoms with Gasteiger partial charge in [0.2, 0.25) is 5.91 Å². The molecular weight excluding hydrogens is 415 g/mol. The van der Waals surface area contributed by atoms with Gasteiger partial charge < -0.3 is 21.1 Å². The number of hydrogen-bond donors (Lipinski definition) is 4. The quantitative estimate of drug-likeness (QED) is 0.317. The number of likely N-dealkylation sites (N-methyl/N-ethyl adjacent to an activating group) is 1. The number of carbonyl (C=O) groups excluding carboxylic acids is 1. The lowest BCUT2D eigenvalue weighted by Gasteiger charge is -2.14. The van der Waals surface area contributed by atoms with E-state index in [1.807, 2.05) is 0 Å². The van der Waals surface area contributed by atoms with Crippen LogP contribution < -0.4 is 16.0 Å². The van der Waals surface area contributed by atoms with Crippen molar-refractivity contribution in [3.05, 3.63) is 21.3 Å². The van der Waals surface area contributed by atoms with E-state index >= 15 is 0 Å². The van der Waals surface area contributed by atoms with Crippen LogP contribution in [0.25, 0.3) is 0 Å². The molecule has 1 heterocycles. The highest BCUT2D eigenvalue weighted by atomic mass is 127. The van der Waals surface area contributed by atoms with E-state index in [0.717, 1.165) is 4.88 Å². The summed E-state index contributed by atoms with van der Waals surface area (Å²) in [6.45, 7) is 0.404. The first kappa shape index (κ1) is 19.4. The van der Waals surface area contributed by atoms with Crippen molar-refractivity contribution in [3.63, 3.8) is 0 Å². The highest BCUT2D eigenvalue weighted by molar-refractivity contribution is 14.0. The summed E-state index contributed by atoms with van der Waals surface area (Å²) in [4.78, 5) is 15.8. The summed E-state index contributed by atoms with van der Waals surface area (Å²) >= 11 is 7.13. The SMILES string of the molecule is CN=C(NCC(=O)NC)NCC(O)c1ccc(Cl)s1.I. The van der Waals surface area contributed by atoms with Crippen LogP contribution in [0.5, 0.6) is 0 Å². The Morgan fingerprint density at radius 3 is 2.70 bits per heavy atom. The number of guanidine groups is 1. The number of nitrogens with zero attached hydrogens (tertiary/aromatic N) is 1. The van der Waals surface area contributed by atoms with Crippen LogP contribution in [-0.2, 0) is 4.79 Å². The van der Waals surface area contributed by atoms with E-state index in [-0.39, 0.29) is 43.0 Å². The first-order valence-electron chi connectivity index (χ1n) is 5.65. The summed E-state index contributed by atoms with van der Waals surface area (Å²) in [5.74, 6) is 0.304. The van der Waals surface area contributed by atoms with Crippen molar-refractivity contribution < 1.29 is 9.90 Å². The van der Waals surface area contributed by atoms with E-state index < -0.39 is 6.10 Å². The Labute approximate surface area is 144 Å². The molecule has 0 bridgehead atoms. The monoisotopic (exact) mass is 432 g/mol. The molecule has 1 rings (SSSR count). The molecule has 0 spiro atoms. The van der Waals surface area contributed by atoms with Crippen molar-refractivity contribution in [1.29, 1.82) is 0 Å². The largest absolute Gasteiger partial charge is 0.386 e. The van der Waals surface area contributed by atoms with Gasteiger partial charge in [-0.3, -0.25) is 9.79 Å². The first-order chi connectivity index (χ1) is 9.06. The number of aliphatic imine (C=N–C) groups is 1. The molecule has 1 atom stereocenters. The molecule has 114 valence electrons. The second-order valence-electron chi connectivity index (χ2n) is 3.64. The number of carbonyl (C=O) groups is 1. The number of aliphatic hydroxyl groups excluding tert-OH is 1. The maximum Gasteiger partial charge on any atom is 0.239 e. The normalized spacial score (nSPS) is 12.3. The molecular formula is C11H18ClIN4O2S. The van der Waals surface area contributed by atoms with Gasteiger partial charge in [-0.1, -0.05) is 11.6 Å². The Morgan fingerprint density at radius 2 is 2.20 bits per heavy atom. The minimum Gasteiger partial charge on any atom is -0.386 e. The molecule has 0 fully saturated rings. The second-order valence-corrected chi connectivity index (χ2v) is 5.38. The molecule has 0 aromatic carbocycles. The van der Waals surface area contributed by atoms with Crippen LogP contribution in [0.4, 0.5) is 0 Å². The summed E-state index contributed by atoms with van der Waals surface area (Å²) in [5, 5.41) is 18.2. The fraction of sp³-hybridized carbons (Fsp3) is 0.455. The van der Waals surface area contributed by atoms with Crippen LogP contribution >= 0.6 is 46.9 Å². The maximum absolute atomic E-state index is 11.1. The maximum atomic E-state index is 11.1. The van der Waals surface area contributed by atoms with Crippen molar-refractivity contribution >= 4 is 58.8 Å². The van der Waals surface area contributed by atoms with E-state index in [9.17, 15) is 9.90 Å². The average Bonchev–Trinajstić information content (AvgIpc) is 2.85. The topological polar surface area (TPSA) is 85.8 Å². The third-order valence-corrected chi connectivity index (χ3v) is 3.64. The van der Waals surface area contributed by atoms with Crippen molar-refractivity contribution in [2.75, 3.05) is 27.2 Å². The fourth-order valence-corrected chi connectivity index (χ4v) is 2.32. The molecule has 20 heavy (non-hydrogen) atoms. The number of amides is 1. The first-order valence-corrected chi connectivity index (χ1v) is 6.84. The number of aliphatic hydroxyl groups is 1. The summed E-state index contributed by atoms with van der Waals surface area (Å²) in [7, 11) is 3.15. The molecule has 1 unspecified atom stereocenters. The third kappa shape index (κ3) is 6.73. The van der Waals surface area contributed by atoms with E-state index in [4.69, 9.17) is 11.6 Å². The molecule has 9 heteroatoms. The van der Waals surface area contributed by atoms with E-state index in [1.165, 1.54) is 11.3 Å². The van der Waals surface area contributed by atoms with Gasteiger partial charge in [-0.15, -0.1) is 35.3 Å². The Bertz CT molecular complexity index is 455. The zero-order valence-corrected chi connectivity index (χ0v) is 15.0. The zero-order valence-electron chi connectivity index (χ0n) is 11.1. The molecule has 1 amide bonds. The van der Waals surface area contributed by atoms with Gasteiger partial charge in [0.25, 0.3) is 0 Å². The molecule has 6 nitrogen and oxygen atoms in total. The number of halogens is 2. The third-order valence-electron chi connectivity index (χ3n) is 2.30. The smallest absolute Gasteiger partial charge is 0.239 e.